The fraction of sp³-hybridized carbons (Fsp3) is 0.692. The van der Waals surface area contributed by atoms with E-state index in [4.69, 9.17) is 10.7 Å². The molecule has 1 aliphatic carbocycles. The van der Waals surface area contributed by atoms with Crippen molar-refractivity contribution in [3.05, 3.63) is 17.1 Å². The maximum Gasteiger partial charge on any atom is 0.135 e. The number of hydrogen-bond acceptors (Lipinski definition) is 4. The molecule has 0 amide bonds. The number of anilines is 1. The first-order chi connectivity index (χ1) is 8.15. The lowest BCUT2D eigenvalue weighted by molar-refractivity contribution is 0.750. The van der Waals surface area contributed by atoms with Gasteiger partial charge >= 0.3 is 0 Å². The van der Waals surface area contributed by atoms with E-state index in [-0.39, 0.29) is 0 Å². The summed E-state index contributed by atoms with van der Waals surface area (Å²) in [5.74, 6) is 2.78. The van der Waals surface area contributed by atoms with Crippen molar-refractivity contribution >= 4 is 5.82 Å². The van der Waals surface area contributed by atoms with Crippen molar-refractivity contribution < 1.29 is 0 Å². The molecule has 0 aromatic carbocycles. The van der Waals surface area contributed by atoms with Crippen LogP contribution in [0, 0.1) is 13.8 Å². The summed E-state index contributed by atoms with van der Waals surface area (Å²) in [4.78, 5) is 11.7. The molecule has 1 saturated heterocycles. The summed E-state index contributed by atoms with van der Waals surface area (Å²) in [7, 11) is 0. The summed E-state index contributed by atoms with van der Waals surface area (Å²) < 4.78 is 0. The Hall–Kier alpha value is -1.16. The number of rotatable bonds is 2. The van der Waals surface area contributed by atoms with E-state index in [2.05, 4.69) is 23.7 Å². The number of nitrogens with two attached hydrogens (primary N) is 1. The minimum absolute atomic E-state index is 0.300. The van der Waals surface area contributed by atoms with Crippen LogP contribution in [0.2, 0.25) is 0 Å². The number of hydrogen-bond donors (Lipinski definition) is 1. The molecule has 0 radical (unpaired) electrons. The Morgan fingerprint density at radius 1 is 1.18 bits per heavy atom. The van der Waals surface area contributed by atoms with Crippen LogP contribution in [0.3, 0.4) is 0 Å². The molecule has 2 N–H and O–H groups in total. The van der Waals surface area contributed by atoms with E-state index in [0.717, 1.165) is 36.8 Å². The first kappa shape index (κ1) is 11.0. The Morgan fingerprint density at radius 3 is 2.53 bits per heavy atom. The van der Waals surface area contributed by atoms with Gasteiger partial charge in [-0.1, -0.05) is 0 Å². The Bertz CT molecular complexity index is 439. The second-order valence-corrected chi connectivity index (χ2v) is 5.38. The molecule has 2 fully saturated rings. The topological polar surface area (TPSA) is 55.0 Å². The summed E-state index contributed by atoms with van der Waals surface area (Å²) in [6.45, 7) is 6.16. The maximum atomic E-state index is 5.98. The molecular weight excluding hydrogens is 212 g/mol. The van der Waals surface area contributed by atoms with Crippen molar-refractivity contribution in [3.8, 4) is 0 Å². The Kier molecular flexibility index (Phi) is 2.54. The third-order valence-corrected chi connectivity index (χ3v) is 3.85. The van der Waals surface area contributed by atoms with Gasteiger partial charge in [-0.15, -0.1) is 0 Å². The average molecular weight is 232 g/mol. The molecule has 4 heteroatoms. The van der Waals surface area contributed by atoms with Crippen LogP contribution in [-0.4, -0.2) is 29.1 Å². The molecule has 2 aliphatic rings. The molecule has 0 spiro atoms. The molecule has 1 aromatic rings. The third kappa shape index (κ3) is 2.02. The fourth-order valence-electron chi connectivity index (χ4n) is 2.45. The SMILES string of the molecule is Cc1nc(C2CC2)nc(N2CC[C@H](N)C2)c1C. The lowest BCUT2D eigenvalue weighted by Gasteiger charge is -2.20. The van der Waals surface area contributed by atoms with Crippen LogP contribution in [0.25, 0.3) is 0 Å². The molecule has 0 bridgehead atoms. The number of aromatic nitrogens is 2. The largest absolute Gasteiger partial charge is 0.355 e. The third-order valence-electron chi connectivity index (χ3n) is 3.85. The van der Waals surface area contributed by atoms with Gasteiger partial charge in [-0.25, -0.2) is 9.97 Å². The molecular formula is C13H20N4. The van der Waals surface area contributed by atoms with Gasteiger partial charge in [0.2, 0.25) is 0 Å². The van der Waals surface area contributed by atoms with E-state index in [1.165, 1.54) is 18.4 Å². The zero-order chi connectivity index (χ0) is 12.0. The van der Waals surface area contributed by atoms with Crippen LogP contribution < -0.4 is 10.6 Å². The Labute approximate surface area is 102 Å². The predicted octanol–water partition coefficient (Wildman–Crippen LogP) is 1.51. The van der Waals surface area contributed by atoms with Crippen molar-refractivity contribution in [2.45, 2.75) is 45.1 Å². The second-order valence-electron chi connectivity index (χ2n) is 5.38. The standard InChI is InChI=1S/C13H20N4/c1-8-9(2)15-12(10-3-4-10)16-13(8)17-6-5-11(14)7-17/h10-11H,3-7,14H2,1-2H3/t11-/m0/s1. The van der Waals surface area contributed by atoms with E-state index < -0.39 is 0 Å². The van der Waals surface area contributed by atoms with E-state index in [1.807, 2.05) is 0 Å². The number of nitrogens with zero attached hydrogens (tertiary/aromatic N) is 3. The molecule has 3 rings (SSSR count). The van der Waals surface area contributed by atoms with Gasteiger partial charge in [0.15, 0.2) is 0 Å². The monoisotopic (exact) mass is 232 g/mol. The van der Waals surface area contributed by atoms with Crippen molar-refractivity contribution in [2.75, 3.05) is 18.0 Å². The molecule has 1 aromatic heterocycles. The first-order valence-electron chi connectivity index (χ1n) is 6.51. The predicted molar refractivity (Wildman–Crippen MR) is 68.3 cm³/mol. The van der Waals surface area contributed by atoms with Gasteiger partial charge in [0.1, 0.15) is 11.6 Å². The molecule has 2 heterocycles. The first-order valence-corrected chi connectivity index (χ1v) is 6.51. The summed E-state index contributed by atoms with van der Waals surface area (Å²) in [5, 5.41) is 0. The van der Waals surface area contributed by atoms with Gasteiger partial charge in [-0.05, 0) is 33.1 Å². The van der Waals surface area contributed by atoms with E-state index in [1.54, 1.807) is 0 Å². The van der Waals surface area contributed by atoms with Gasteiger partial charge in [0, 0.05) is 36.3 Å². The fourth-order valence-corrected chi connectivity index (χ4v) is 2.45. The van der Waals surface area contributed by atoms with Crippen LogP contribution >= 0.6 is 0 Å². The molecule has 0 unspecified atom stereocenters. The van der Waals surface area contributed by atoms with E-state index >= 15 is 0 Å². The normalized spacial score (nSPS) is 24.4. The Balaban J connectivity index is 1.96. The lowest BCUT2D eigenvalue weighted by Crippen LogP contribution is -2.28. The number of aryl methyl sites for hydroxylation is 1. The summed E-state index contributed by atoms with van der Waals surface area (Å²) in [6, 6.07) is 0.300. The quantitative estimate of drug-likeness (QED) is 0.839. The summed E-state index contributed by atoms with van der Waals surface area (Å²) >= 11 is 0. The van der Waals surface area contributed by atoms with Crippen molar-refractivity contribution in [1.82, 2.24) is 9.97 Å². The Morgan fingerprint density at radius 2 is 1.94 bits per heavy atom. The van der Waals surface area contributed by atoms with Crippen molar-refractivity contribution in [1.29, 1.82) is 0 Å². The van der Waals surface area contributed by atoms with Crippen LogP contribution in [0.15, 0.2) is 0 Å². The minimum atomic E-state index is 0.300. The highest BCUT2D eigenvalue weighted by Crippen LogP contribution is 2.39. The van der Waals surface area contributed by atoms with E-state index in [0.29, 0.717) is 12.0 Å². The molecule has 92 valence electrons. The van der Waals surface area contributed by atoms with Gasteiger partial charge in [-0.3, -0.25) is 0 Å². The zero-order valence-electron chi connectivity index (χ0n) is 10.6. The highest BCUT2D eigenvalue weighted by atomic mass is 15.2. The van der Waals surface area contributed by atoms with Crippen LogP contribution in [0.4, 0.5) is 5.82 Å². The van der Waals surface area contributed by atoms with Crippen LogP contribution in [-0.2, 0) is 0 Å². The van der Waals surface area contributed by atoms with Crippen molar-refractivity contribution in [3.63, 3.8) is 0 Å². The highest BCUT2D eigenvalue weighted by Gasteiger charge is 2.29. The van der Waals surface area contributed by atoms with Crippen molar-refractivity contribution in [2.24, 2.45) is 5.73 Å². The molecule has 1 saturated carbocycles. The minimum Gasteiger partial charge on any atom is -0.355 e. The highest BCUT2D eigenvalue weighted by molar-refractivity contribution is 5.49. The molecule has 1 aliphatic heterocycles. The van der Waals surface area contributed by atoms with Gasteiger partial charge in [0.05, 0.1) is 0 Å². The second kappa shape index (κ2) is 3.95. The van der Waals surface area contributed by atoms with E-state index in [9.17, 15) is 0 Å². The van der Waals surface area contributed by atoms with Crippen LogP contribution in [0.1, 0.15) is 42.3 Å². The summed E-state index contributed by atoms with van der Waals surface area (Å²) in [6.07, 6.45) is 3.57. The molecule has 4 nitrogen and oxygen atoms in total. The van der Waals surface area contributed by atoms with Gasteiger partial charge in [0.25, 0.3) is 0 Å². The summed E-state index contributed by atoms with van der Waals surface area (Å²) in [5.41, 5.74) is 8.31. The lowest BCUT2D eigenvalue weighted by atomic mass is 10.2. The van der Waals surface area contributed by atoms with Gasteiger partial charge < -0.3 is 10.6 Å². The van der Waals surface area contributed by atoms with Gasteiger partial charge in [-0.2, -0.15) is 0 Å². The molecule has 1 atom stereocenters. The molecule has 17 heavy (non-hydrogen) atoms. The smallest absolute Gasteiger partial charge is 0.135 e. The maximum absolute atomic E-state index is 5.98. The average Bonchev–Trinajstić information content (AvgIpc) is 3.05. The van der Waals surface area contributed by atoms with Crippen LogP contribution in [0.5, 0.6) is 0 Å². The zero-order valence-corrected chi connectivity index (χ0v) is 10.6.